The Morgan fingerprint density at radius 2 is 1.85 bits per heavy atom. The van der Waals surface area contributed by atoms with E-state index in [2.05, 4.69) is 17.4 Å². The summed E-state index contributed by atoms with van der Waals surface area (Å²) in [5.74, 6) is 0. The van der Waals surface area contributed by atoms with Gasteiger partial charge in [-0.2, -0.15) is 0 Å². The SMILES string of the molecule is CNC(=O)N1Cc2ccccc2C1. The highest BCUT2D eigenvalue weighted by Crippen LogP contribution is 2.21. The van der Waals surface area contributed by atoms with Crippen molar-refractivity contribution in [2.45, 2.75) is 13.1 Å². The predicted molar refractivity (Wildman–Crippen MR) is 50.1 cm³/mol. The number of nitrogens with zero attached hydrogens (tertiary/aromatic N) is 1. The van der Waals surface area contributed by atoms with Crippen LogP contribution < -0.4 is 5.32 Å². The summed E-state index contributed by atoms with van der Waals surface area (Å²) in [6.07, 6.45) is 0. The molecule has 0 spiro atoms. The monoisotopic (exact) mass is 176 g/mol. The van der Waals surface area contributed by atoms with Crippen molar-refractivity contribution in [3.05, 3.63) is 35.4 Å². The lowest BCUT2D eigenvalue weighted by Crippen LogP contribution is -2.33. The van der Waals surface area contributed by atoms with E-state index in [4.69, 9.17) is 0 Å². The van der Waals surface area contributed by atoms with Crippen molar-refractivity contribution in [2.24, 2.45) is 0 Å². The highest BCUT2D eigenvalue weighted by atomic mass is 16.2. The van der Waals surface area contributed by atoms with Gasteiger partial charge in [0.15, 0.2) is 0 Å². The van der Waals surface area contributed by atoms with E-state index in [1.54, 1.807) is 11.9 Å². The van der Waals surface area contributed by atoms with Gasteiger partial charge < -0.3 is 10.2 Å². The third-order valence-electron chi connectivity index (χ3n) is 2.34. The second kappa shape index (κ2) is 3.09. The van der Waals surface area contributed by atoms with Gasteiger partial charge >= 0.3 is 6.03 Å². The minimum absolute atomic E-state index is 0.00352. The molecule has 3 heteroatoms. The Bertz CT molecular complexity index is 310. The second-order valence-corrected chi connectivity index (χ2v) is 3.18. The van der Waals surface area contributed by atoms with Crippen molar-refractivity contribution < 1.29 is 4.79 Å². The zero-order chi connectivity index (χ0) is 9.26. The third-order valence-corrected chi connectivity index (χ3v) is 2.34. The Labute approximate surface area is 77.4 Å². The fourth-order valence-corrected chi connectivity index (χ4v) is 1.63. The summed E-state index contributed by atoms with van der Waals surface area (Å²) in [5, 5.41) is 2.63. The minimum atomic E-state index is -0.00352. The van der Waals surface area contributed by atoms with Crippen molar-refractivity contribution in [1.82, 2.24) is 10.2 Å². The summed E-state index contributed by atoms with van der Waals surface area (Å²) >= 11 is 0. The van der Waals surface area contributed by atoms with E-state index < -0.39 is 0 Å². The number of carbonyl (C=O) groups excluding carboxylic acids is 1. The largest absolute Gasteiger partial charge is 0.341 e. The van der Waals surface area contributed by atoms with Crippen molar-refractivity contribution in [3.8, 4) is 0 Å². The van der Waals surface area contributed by atoms with Gasteiger partial charge in [0.1, 0.15) is 0 Å². The van der Waals surface area contributed by atoms with Gasteiger partial charge in [0.05, 0.1) is 0 Å². The van der Waals surface area contributed by atoms with Gasteiger partial charge in [-0.3, -0.25) is 0 Å². The van der Waals surface area contributed by atoms with Crippen molar-refractivity contribution >= 4 is 6.03 Å². The Balaban J connectivity index is 2.18. The van der Waals surface area contributed by atoms with Gasteiger partial charge in [0.25, 0.3) is 0 Å². The average molecular weight is 176 g/mol. The van der Waals surface area contributed by atoms with Gasteiger partial charge in [0.2, 0.25) is 0 Å². The first-order valence-corrected chi connectivity index (χ1v) is 4.34. The summed E-state index contributed by atoms with van der Waals surface area (Å²) in [7, 11) is 1.66. The first-order chi connectivity index (χ1) is 6.31. The van der Waals surface area contributed by atoms with Crippen LogP contribution in [-0.4, -0.2) is 18.0 Å². The fourth-order valence-electron chi connectivity index (χ4n) is 1.63. The van der Waals surface area contributed by atoms with Crippen LogP contribution in [0.1, 0.15) is 11.1 Å². The van der Waals surface area contributed by atoms with E-state index in [-0.39, 0.29) is 6.03 Å². The van der Waals surface area contributed by atoms with Gasteiger partial charge in [-0.05, 0) is 11.1 Å². The average Bonchev–Trinajstić information content (AvgIpc) is 2.59. The maximum atomic E-state index is 11.3. The van der Waals surface area contributed by atoms with Crippen LogP contribution in [0, 0.1) is 0 Å². The molecule has 1 heterocycles. The Morgan fingerprint density at radius 3 is 2.31 bits per heavy atom. The molecule has 0 unspecified atom stereocenters. The van der Waals surface area contributed by atoms with E-state index >= 15 is 0 Å². The Kier molecular flexibility index (Phi) is 1.93. The molecule has 0 radical (unpaired) electrons. The topological polar surface area (TPSA) is 32.3 Å². The number of hydrogen-bond acceptors (Lipinski definition) is 1. The number of rotatable bonds is 0. The molecule has 1 aliphatic heterocycles. The van der Waals surface area contributed by atoms with Crippen LogP contribution in [0.5, 0.6) is 0 Å². The van der Waals surface area contributed by atoms with Crippen LogP contribution in [0.25, 0.3) is 0 Å². The van der Waals surface area contributed by atoms with Crippen molar-refractivity contribution in [2.75, 3.05) is 7.05 Å². The molecule has 0 aromatic heterocycles. The molecule has 1 aliphatic rings. The van der Waals surface area contributed by atoms with E-state index in [0.29, 0.717) is 0 Å². The van der Waals surface area contributed by atoms with E-state index in [1.807, 2.05) is 12.1 Å². The van der Waals surface area contributed by atoms with Crippen LogP contribution in [0.3, 0.4) is 0 Å². The molecule has 68 valence electrons. The molecule has 2 rings (SSSR count). The molecule has 0 saturated carbocycles. The zero-order valence-electron chi connectivity index (χ0n) is 7.58. The molecule has 0 fully saturated rings. The normalized spacial score (nSPS) is 14.1. The Morgan fingerprint density at radius 1 is 1.31 bits per heavy atom. The maximum absolute atomic E-state index is 11.3. The van der Waals surface area contributed by atoms with Crippen LogP contribution in [0.2, 0.25) is 0 Å². The van der Waals surface area contributed by atoms with E-state index in [0.717, 1.165) is 13.1 Å². The minimum Gasteiger partial charge on any atom is -0.341 e. The lowest BCUT2D eigenvalue weighted by Gasteiger charge is -2.13. The number of amides is 2. The molecule has 2 amide bonds. The molecule has 1 aromatic carbocycles. The molecule has 1 N–H and O–H groups in total. The summed E-state index contributed by atoms with van der Waals surface area (Å²) in [6.45, 7) is 1.46. The van der Waals surface area contributed by atoms with Crippen LogP contribution >= 0.6 is 0 Å². The number of fused-ring (bicyclic) bond motifs is 1. The first-order valence-electron chi connectivity index (χ1n) is 4.34. The summed E-state index contributed by atoms with van der Waals surface area (Å²) < 4.78 is 0. The number of benzene rings is 1. The smallest absolute Gasteiger partial charge is 0.317 e. The van der Waals surface area contributed by atoms with Crippen LogP contribution in [0.15, 0.2) is 24.3 Å². The van der Waals surface area contributed by atoms with E-state index in [1.165, 1.54) is 11.1 Å². The molecular formula is C10H12N2O. The van der Waals surface area contributed by atoms with Crippen molar-refractivity contribution in [3.63, 3.8) is 0 Å². The molecule has 0 bridgehead atoms. The van der Waals surface area contributed by atoms with Gasteiger partial charge in [-0.25, -0.2) is 4.79 Å². The quantitative estimate of drug-likeness (QED) is 0.635. The lowest BCUT2D eigenvalue weighted by atomic mass is 10.1. The number of hydrogen-bond donors (Lipinski definition) is 1. The van der Waals surface area contributed by atoms with Gasteiger partial charge in [-0.15, -0.1) is 0 Å². The van der Waals surface area contributed by atoms with Gasteiger partial charge in [0, 0.05) is 20.1 Å². The number of carbonyl (C=O) groups is 1. The molecule has 3 nitrogen and oxygen atoms in total. The predicted octanol–water partition coefficient (Wildman–Crippen LogP) is 1.34. The first kappa shape index (κ1) is 8.10. The number of urea groups is 1. The molecule has 0 aliphatic carbocycles. The molecular weight excluding hydrogens is 164 g/mol. The summed E-state index contributed by atoms with van der Waals surface area (Å²) in [6, 6.07) is 8.14. The fraction of sp³-hybridized carbons (Fsp3) is 0.300. The molecule has 1 aromatic rings. The van der Waals surface area contributed by atoms with E-state index in [9.17, 15) is 4.79 Å². The highest BCUT2D eigenvalue weighted by Gasteiger charge is 2.21. The summed E-state index contributed by atoms with van der Waals surface area (Å²) in [4.78, 5) is 13.1. The van der Waals surface area contributed by atoms with Crippen LogP contribution in [-0.2, 0) is 13.1 Å². The molecule has 13 heavy (non-hydrogen) atoms. The molecule has 0 saturated heterocycles. The van der Waals surface area contributed by atoms with Crippen LogP contribution in [0.4, 0.5) is 4.79 Å². The number of nitrogens with one attached hydrogen (secondary N) is 1. The lowest BCUT2D eigenvalue weighted by molar-refractivity contribution is 0.201. The Hall–Kier alpha value is -1.51. The standard InChI is InChI=1S/C10H12N2O/c1-11-10(13)12-6-8-4-2-3-5-9(8)7-12/h2-5H,6-7H2,1H3,(H,11,13). The summed E-state index contributed by atoms with van der Waals surface area (Å²) in [5.41, 5.74) is 2.51. The van der Waals surface area contributed by atoms with Gasteiger partial charge in [-0.1, -0.05) is 24.3 Å². The second-order valence-electron chi connectivity index (χ2n) is 3.18. The third kappa shape index (κ3) is 1.37. The highest BCUT2D eigenvalue weighted by molar-refractivity contribution is 5.74. The maximum Gasteiger partial charge on any atom is 0.317 e. The zero-order valence-corrected chi connectivity index (χ0v) is 7.58. The van der Waals surface area contributed by atoms with Crippen molar-refractivity contribution in [1.29, 1.82) is 0 Å². The molecule has 0 atom stereocenters.